The third-order valence-electron chi connectivity index (χ3n) is 3.42. The number of hydrogen-bond acceptors (Lipinski definition) is 2. The molecule has 0 aromatic carbocycles. The van der Waals surface area contributed by atoms with E-state index < -0.39 is 0 Å². The first kappa shape index (κ1) is 17.2. The number of quaternary nitrogens is 1. The first-order chi connectivity index (χ1) is 8.52. The highest BCUT2D eigenvalue weighted by Gasteiger charge is 2.09. The van der Waals surface area contributed by atoms with Crippen molar-refractivity contribution in [2.75, 3.05) is 33.8 Å². The molecule has 0 aliphatic rings. The van der Waals surface area contributed by atoms with Crippen molar-refractivity contribution in [2.24, 2.45) is 0 Å². The fourth-order valence-corrected chi connectivity index (χ4v) is 1.74. The SMILES string of the molecule is C=CC(=O)OCCCCCCCC[N+](C)(C)CC. The first-order valence-electron chi connectivity index (χ1n) is 7.13. The van der Waals surface area contributed by atoms with E-state index >= 15 is 0 Å². The number of carbonyl (C=O) groups excluding carboxylic acids is 1. The van der Waals surface area contributed by atoms with Crippen LogP contribution in [0.2, 0.25) is 0 Å². The molecule has 0 bridgehead atoms. The van der Waals surface area contributed by atoms with Gasteiger partial charge in [0.2, 0.25) is 0 Å². The number of rotatable bonds is 11. The van der Waals surface area contributed by atoms with Crippen molar-refractivity contribution >= 4 is 5.97 Å². The monoisotopic (exact) mass is 256 g/mol. The summed E-state index contributed by atoms with van der Waals surface area (Å²) >= 11 is 0. The van der Waals surface area contributed by atoms with Crippen LogP contribution in [0, 0.1) is 0 Å². The zero-order valence-corrected chi connectivity index (χ0v) is 12.4. The molecule has 0 saturated heterocycles. The van der Waals surface area contributed by atoms with Crippen molar-refractivity contribution in [3.05, 3.63) is 12.7 Å². The topological polar surface area (TPSA) is 26.3 Å². The minimum Gasteiger partial charge on any atom is -0.463 e. The predicted molar refractivity (Wildman–Crippen MR) is 76.4 cm³/mol. The molecule has 0 rings (SSSR count). The second-order valence-electron chi connectivity index (χ2n) is 5.47. The van der Waals surface area contributed by atoms with Crippen molar-refractivity contribution in [2.45, 2.75) is 45.4 Å². The molecule has 0 aromatic rings. The lowest BCUT2D eigenvalue weighted by molar-refractivity contribution is -0.888. The Morgan fingerprint density at radius 1 is 1.11 bits per heavy atom. The van der Waals surface area contributed by atoms with Crippen LogP contribution in [0.1, 0.15) is 45.4 Å². The van der Waals surface area contributed by atoms with Crippen LogP contribution in [-0.2, 0) is 9.53 Å². The van der Waals surface area contributed by atoms with Crippen LogP contribution in [0.25, 0.3) is 0 Å². The van der Waals surface area contributed by atoms with Gasteiger partial charge in [-0.1, -0.05) is 25.8 Å². The Balaban J connectivity index is 3.22. The summed E-state index contributed by atoms with van der Waals surface area (Å²) in [4.78, 5) is 10.8. The van der Waals surface area contributed by atoms with Crippen LogP contribution in [0.5, 0.6) is 0 Å². The second-order valence-corrected chi connectivity index (χ2v) is 5.47. The molecule has 0 radical (unpaired) electrons. The first-order valence-corrected chi connectivity index (χ1v) is 7.13. The molecule has 0 heterocycles. The van der Waals surface area contributed by atoms with E-state index in [1.807, 2.05) is 0 Å². The summed E-state index contributed by atoms with van der Waals surface area (Å²) in [5.74, 6) is -0.311. The molecule has 0 aromatic heterocycles. The van der Waals surface area contributed by atoms with Gasteiger partial charge in [-0.15, -0.1) is 0 Å². The second kappa shape index (κ2) is 10.1. The molecule has 106 valence electrons. The minimum atomic E-state index is -0.311. The number of carbonyl (C=O) groups is 1. The summed E-state index contributed by atoms with van der Waals surface area (Å²) in [7, 11) is 4.57. The maximum atomic E-state index is 10.8. The van der Waals surface area contributed by atoms with Gasteiger partial charge in [0.05, 0.1) is 33.8 Å². The molecule has 0 fully saturated rings. The van der Waals surface area contributed by atoms with Gasteiger partial charge >= 0.3 is 5.97 Å². The molecule has 18 heavy (non-hydrogen) atoms. The number of unbranched alkanes of at least 4 members (excludes halogenated alkanes) is 5. The van der Waals surface area contributed by atoms with Gasteiger partial charge in [0.1, 0.15) is 0 Å². The van der Waals surface area contributed by atoms with Crippen LogP contribution in [-0.4, -0.2) is 44.2 Å². The normalized spacial score (nSPS) is 11.3. The predicted octanol–water partition coefficient (Wildman–Crippen LogP) is 3.15. The quantitative estimate of drug-likeness (QED) is 0.246. The molecule has 0 spiro atoms. The van der Waals surface area contributed by atoms with Gasteiger partial charge in [-0.2, -0.15) is 0 Å². The smallest absolute Gasteiger partial charge is 0.330 e. The summed E-state index contributed by atoms with van der Waals surface area (Å²) in [6.07, 6.45) is 8.49. The highest BCUT2D eigenvalue weighted by molar-refractivity contribution is 5.81. The van der Waals surface area contributed by atoms with Gasteiger partial charge in [-0.25, -0.2) is 4.79 Å². The van der Waals surface area contributed by atoms with E-state index in [2.05, 4.69) is 27.6 Å². The lowest BCUT2D eigenvalue weighted by atomic mass is 10.1. The third-order valence-corrected chi connectivity index (χ3v) is 3.42. The average Bonchev–Trinajstić information content (AvgIpc) is 2.36. The summed E-state index contributed by atoms with van der Waals surface area (Å²) in [6, 6.07) is 0. The molecule has 0 aliphatic carbocycles. The Morgan fingerprint density at radius 2 is 1.67 bits per heavy atom. The molecule has 0 N–H and O–H groups in total. The van der Waals surface area contributed by atoms with Gasteiger partial charge in [-0.05, 0) is 26.2 Å². The zero-order chi connectivity index (χ0) is 13.9. The Hall–Kier alpha value is -0.830. The van der Waals surface area contributed by atoms with Crippen molar-refractivity contribution in [1.29, 1.82) is 0 Å². The Kier molecular flexibility index (Phi) is 9.66. The number of nitrogens with zero attached hydrogens (tertiary/aromatic N) is 1. The molecule has 0 atom stereocenters. The number of esters is 1. The average molecular weight is 256 g/mol. The zero-order valence-electron chi connectivity index (χ0n) is 12.4. The highest BCUT2D eigenvalue weighted by Crippen LogP contribution is 2.08. The third kappa shape index (κ3) is 10.3. The van der Waals surface area contributed by atoms with Gasteiger partial charge in [0, 0.05) is 6.08 Å². The van der Waals surface area contributed by atoms with Crippen LogP contribution in [0.15, 0.2) is 12.7 Å². The standard InChI is InChI=1S/C15H30NO2/c1-5-15(17)18-14-12-10-8-7-9-11-13-16(3,4)6-2/h5H,1,6-14H2,2-4H3/q+1. The van der Waals surface area contributed by atoms with Crippen molar-refractivity contribution < 1.29 is 14.0 Å². The van der Waals surface area contributed by atoms with Crippen LogP contribution in [0.4, 0.5) is 0 Å². The molecule has 3 heteroatoms. The van der Waals surface area contributed by atoms with E-state index in [1.54, 1.807) is 0 Å². The summed E-state index contributed by atoms with van der Waals surface area (Å²) < 4.78 is 6.04. The van der Waals surface area contributed by atoms with E-state index in [-0.39, 0.29) is 5.97 Å². The minimum absolute atomic E-state index is 0.311. The van der Waals surface area contributed by atoms with Gasteiger partial charge in [0.15, 0.2) is 0 Å². The van der Waals surface area contributed by atoms with E-state index in [0.717, 1.165) is 17.3 Å². The maximum Gasteiger partial charge on any atom is 0.330 e. The lowest BCUT2D eigenvalue weighted by Crippen LogP contribution is -2.39. The Labute approximate surface area is 112 Å². The summed E-state index contributed by atoms with van der Waals surface area (Å²) in [5, 5.41) is 0. The van der Waals surface area contributed by atoms with Crippen molar-refractivity contribution in [1.82, 2.24) is 0 Å². The summed E-state index contributed by atoms with van der Waals surface area (Å²) in [5.41, 5.74) is 0. The number of hydrogen-bond donors (Lipinski definition) is 0. The molecule has 0 amide bonds. The molecule has 3 nitrogen and oxygen atoms in total. The molecule has 0 unspecified atom stereocenters. The Bertz CT molecular complexity index is 237. The van der Waals surface area contributed by atoms with Crippen LogP contribution < -0.4 is 0 Å². The van der Waals surface area contributed by atoms with Gasteiger partial charge in [0.25, 0.3) is 0 Å². The van der Waals surface area contributed by atoms with Gasteiger partial charge in [-0.3, -0.25) is 0 Å². The highest BCUT2D eigenvalue weighted by atomic mass is 16.5. The molecule has 0 aliphatic heterocycles. The largest absolute Gasteiger partial charge is 0.463 e. The van der Waals surface area contributed by atoms with Crippen LogP contribution in [0.3, 0.4) is 0 Å². The van der Waals surface area contributed by atoms with E-state index in [0.29, 0.717) is 6.61 Å². The van der Waals surface area contributed by atoms with Crippen LogP contribution >= 0.6 is 0 Å². The number of ether oxygens (including phenoxy) is 1. The van der Waals surface area contributed by atoms with Crippen molar-refractivity contribution in [3.63, 3.8) is 0 Å². The molecular weight excluding hydrogens is 226 g/mol. The van der Waals surface area contributed by atoms with E-state index in [1.165, 1.54) is 44.8 Å². The lowest BCUT2D eigenvalue weighted by Gasteiger charge is -2.28. The van der Waals surface area contributed by atoms with E-state index in [9.17, 15) is 4.79 Å². The van der Waals surface area contributed by atoms with Gasteiger partial charge < -0.3 is 9.22 Å². The fourth-order valence-electron chi connectivity index (χ4n) is 1.74. The summed E-state index contributed by atoms with van der Waals surface area (Å²) in [6.45, 7) is 8.61. The molecule has 0 saturated carbocycles. The molecular formula is C15H30NO2+. The van der Waals surface area contributed by atoms with E-state index in [4.69, 9.17) is 4.74 Å². The van der Waals surface area contributed by atoms with Crippen molar-refractivity contribution in [3.8, 4) is 0 Å². The maximum absolute atomic E-state index is 10.8. The Morgan fingerprint density at radius 3 is 2.22 bits per heavy atom. The fraction of sp³-hybridized carbons (Fsp3) is 0.800.